The van der Waals surface area contributed by atoms with Crippen LogP contribution in [0.15, 0.2) is 46.0 Å². The molecule has 1 saturated heterocycles. The predicted octanol–water partition coefficient (Wildman–Crippen LogP) is 3.05. The van der Waals surface area contributed by atoms with Crippen molar-refractivity contribution >= 4 is 27.3 Å². The molecule has 28 heavy (non-hydrogen) atoms. The molecule has 1 fully saturated rings. The number of benzene rings is 1. The van der Waals surface area contributed by atoms with E-state index in [2.05, 4.69) is 4.72 Å². The Morgan fingerprint density at radius 2 is 1.96 bits per heavy atom. The zero-order chi connectivity index (χ0) is 20.0. The molecule has 1 amide bonds. The van der Waals surface area contributed by atoms with Crippen molar-refractivity contribution in [3.8, 4) is 5.75 Å². The maximum Gasteiger partial charge on any atom is 0.250 e. The molecule has 1 aliphatic heterocycles. The molecule has 0 radical (unpaired) electrons. The summed E-state index contributed by atoms with van der Waals surface area (Å²) >= 11 is 1.21. The van der Waals surface area contributed by atoms with E-state index in [4.69, 9.17) is 4.74 Å². The first-order chi connectivity index (χ1) is 13.5. The molecule has 6 nitrogen and oxygen atoms in total. The largest absolute Gasteiger partial charge is 0.494 e. The highest BCUT2D eigenvalue weighted by molar-refractivity contribution is 7.91. The van der Waals surface area contributed by atoms with Gasteiger partial charge in [-0.3, -0.25) is 4.79 Å². The summed E-state index contributed by atoms with van der Waals surface area (Å²) in [5, 5.41) is 1.75. The summed E-state index contributed by atoms with van der Waals surface area (Å²) in [5.41, 5.74) is 1.04. The molecule has 0 saturated carbocycles. The van der Waals surface area contributed by atoms with Gasteiger partial charge in [0.05, 0.1) is 6.61 Å². The number of para-hydroxylation sites is 1. The number of amides is 1. The molecule has 1 aliphatic rings. The number of nitrogens with zero attached hydrogens (tertiary/aromatic N) is 1. The topological polar surface area (TPSA) is 75.7 Å². The van der Waals surface area contributed by atoms with E-state index in [9.17, 15) is 13.2 Å². The number of rotatable bonds is 8. The number of carbonyl (C=O) groups is 1. The van der Waals surface area contributed by atoms with Crippen molar-refractivity contribution in [3.05, 3.63) is 47.3 Å². The van der Waals surface area contributed by atoms with Crippen molar-refractivity contribution in [2.45, 2.75) is 42.9 Å². The van der Waals surface area contributed by atoms with E-state index in [0.29, 0.717) is 49.6 Å². The first-order valence-corrected chi connectivity index (χ1v) is 11.9. The van der Waals surface area contributed by atoms with Gasteiger partial charge in [-0.1, -0.05) is 24.3 Å². The fraction of sp³-hybridized carbons (Fsp3) is 0.450. The smallest absolute Gasteiger partial charge is 0.250 e. The SMILES string of the molecule is CCOc1ccccc1CCC(=O)N1CCC(NS(=O)(=O)c2cccs2)CC1. The summed E-state index contributed by atoms with van der Waals surface area (Å²) in [6.45, 7) is 3.69. The number of piperidine rings is 1. The summed E-state index contributed by atoms with van der Waals surface area (Å²) in [5.74, 6) is 0.936. The van der Waals surface area contributed by atoms with Crippen LogP contribution in [0.1, 0.15) is 31.7 Å². The third kappa shape index (κ3) is 5.33. The van der Waals surface area contributed by atoms with Gasteiger partial charge in [0.2, 0.25) is 15.9 Å². The second kappa shape index (κ2) is 9.54. The highest BCUT2D eigenvalue weighted by Gasteiger charge is 2.27. The molecule has 152 valence electrons. The quantitative estimate of drug-likeness (QED) is 0.709. The number of hydrogen-bond acceptors (Lipinski definition) is 5. The van der Waals surface area contributed by atoms with Crippen LogP contribution >= 0.6 is 11.3 Å². The molecule has 1 aromatic heterocycles. The average Bonchev–Trinajstić information content (AvgIpc) is 3.23. The zero-order valence-electron chi connectivity index (χ0n) is 16.0. The summed E-state index contributed by atoms with van der Waals surface area (Å²) in [6, 6.07) is 11.0. The van der Waals surface area contributed by atoms with Crippen LogP contribution in [-0.2, 0) is 21.2 Å². The highest BCUT2D eigenvalue weighted by atomic mass is 32.2. The molecule has 0 spiro atoms. The van der Waals surface area contributed by atoms with E-state index < -0.39 is 10.0 Å². The standard InChI is InChI=1S/C20H26N2O4S2/c1-2-26-18-7-4-3-6-16(18)9-10-19(23)22-13-11-17(12-14-22)21-28(24,25)20-8-5-15-27-20/h3-8,15,17,21H,2,9-14H2,1H3. The van der Waals surface area contributed by atoms with E-state index in [1.807, 2.05) is 36.1 Å². The number of likely N-dealkylation sites (tertiary alicyclic amines) is 1. The van der Waals surface area contributed by atoms with Crippen LogP contribution in [0.3, 0.4) is 0 Å². The van der Waals surface area contributed by atoms with Crippen molar-refractivity contribution in [3.63, 3.8) is 0 Å². The van der Waals surface area contributed by atoms with Crippen LogP contribution in [0.25, 0.3) is 0 Å². The average molecular weight is 423 g/mol. The number of aryl methyl sites for hydroxylation is 1. The van der Waals surface area contributed by atoms with Gasteiger partial charge < -0.3 is 9.64 Å². The van der Waals surface area contributed by atoms with Gasteiger partial charge in [0.1, 0.15) is 9.96 Å². The Bertz CT molecular complexity index is 873. The summed E-state index contributed by atoms with van der Waals surface area (Å²) in [7, 11) is -3.46. The van der Waals surface area contributed by atoms with E-state index in [1.54, 1.807) is 17.5 Å². The number of hydrogen-bond donors (Lipinski definition) is 1. The third-order valence-corrected chi connectivity index (χ3v) is 7.73. The van der Waals surface area contributed by atoms with Gasteiger partial charge >= 0.3 is 0 Å². The Hall–Kier alpha value is -1.90. The molecule has 0 bridgehead atoms. The van der Waals surface area contributed by atoms with E-state index in [-0.39, 0.29) is 11.9 Å². The molecule has 8 heteroatoms. The molecular formula is C20H26N2O4S2. The Labute approximate surface area is 170 Å². The van der Waals surface area contributed by atoms with Crippen molar-refractivity contribution in [1.82, 2.24) is 9.62 Å². The molecule has 0 aliphatic carbocycles. The lowest BCUT2D eigenvalue weighted by atomic mass is 10.0. The van der Waals surface area contributed by atoms with Gasteiger partial charge in [0.25, 0.3) is 0 Å². The number of carbonyl (C=O) groups excluding carboxylic acids is 1. The predicted molar refractivity (Wildman–Crippen MR) is 110 cm³/mol. The van der Waals surface area contributed by atoms with Crippen molar-refractivity contribution in [2.75, 3.05) is 19.7 Å². The maximum atomic E-state index is 12.6. The zero-order valence-corrected chi connectivity index (χ0v) is 17.6. The third-order valence-electron chi connectivity index (χ3n) is 4.81. The van der Waals surface area contributed by atoms with Crippen molar-refractivity contribution in [2.24, 2.45) is 0 Å². The summed E-state index contributed by atoms with van der Waals surface area (Å²) < 4.78 is 33.4. The van der Waals surface area contributed by atoms with Crippen molar-refractivity contribution < 1.29 is 17.9 Å². The molecule has 1 aromatic carbocycles. The molecule has 1 N–H and O–H groups in total. The molecule has 2 heterocycles. The first-order valence-electron chi connectivity index (χ1n) is 9.54. The lowest BCUT2D eigenvalue weighted by Crippen LogP contribution is -2.46. The van der Waals surface area contributed by atoms with Gasteiger partial charge in [-0.15, -0.1) is 11.3 Å². The minimum Gasteiger partial charge on any atom is -0.494 e. The fourth-order valence-electron chi connectivity index (χ4n) is 3.35. The van der Waals surface area contributed by atoms with Gasteiger partial charge in [0, 0.05) is 25.6 Å². The van der Waals surface area contributed by atoms with Crippen LogP contribution in [0.4, 0.5) is 0 Å². The van der Waals surface area contributed by atoms with Crippen LogP contribution in [0, 0.1) is 0 Å². The van der Waals surface area contributed by atoms with E-state index in [0.717, 1.165) is 11.3 Å². The van der Waals surface area contributed by atoms with Crippen LogP contribution in [0.5, 0.6) is 5.75 Å². The first kappa shape index (κ1) is 20.8. The number of ether oxygens (including phenoxy) is 1. The van der Waals surface area contributed by atoms with Crippen molar-refractivity contribution in [1.29, 1.82) is 0 Å². The molecule has 0 unspecified atom stereocenters. The van der Waals surface area contributed by atoms with Gasteiger partial charge in [-0.2, -0.15) is 0 Å². The van der Waals surface area contributed by atoms with Crippen LogP contribution in [-0.4, -0.2) is 45.0 Å². The Balaban J connectivity index is 1.48. The van der Waals surface area contributed by atoms with Gasteiger partial charge in [-0.05, 0) is 49.3 Å². The molecule has 0 atom stereocenters. The van der Waals surface area contributed by atoms with E-state index >= 15 is 0 Å². The minimum absolute atomic E-state index is 0.103. The maximum absolute atomic E-state index is 12.6. The number of nitrogens with one attached hydrogen (secondary N) is 1. The number of thiophene rings is 1. The Morgan fingerprint density at radius 1 is 1.21 bits per heavy atom. The minimum atomic E-state index is -3.46. The Kier molecular flexibility index (Phi) is 7.09. The number of sulfonamides is 1. The molecule has 3 rings (SSSR count). The van der Waals surface area contributed by atoms with Gasteiger partial charge in [0.15, 0.2) is 0 Å². The Morgan fingerprint density at radius 3 is 2.64 bits per heavy atom. The molecule has 2 aromatic rings. The summed E-state index contributed by atoms with van der Waals surface area (Å²) in [6.07, 6.45) is 2.33. The van der Waals surface area contributed by atoms with Gasteiger partial charge in [-0.25, -0.2) is 13.1 Å². The lowest BCUT2D eigenvalue weighted by molar-refractivity contribution is -0.132. The fourth-order valence-corrected chi connectivity index (χ4v) is 5.66. The second-order valence-electron chi connectivity index (χ2n) is 6.75. The monoisotopic (exact) mass is 422 g/mol. The van der Waals surface area contributed by atoms with Crippen LogP contribution < -0.4 is 9.46 Å². The summed E-state index contributed by atoms with van der Waals surface area (Å²) in [4.78, 5) is 14.4. The normalized spacial score (nSPS) is 15.5. The highest BCUT2D eigenvalue weighted by Crippen LogP contribution is 2.22. The van der Waals surface area contributed by atoms with E-state index in [1.165, 1.54) is 11.3 Å². The van der Waals surface area contributed by atoms with Crippen LogP contribution in [0.2, 0.25) is 0 Å². The second-order valence-corrected chi connectivity index (χ2v) is 9.64. The molecular weight excluding hydrogens is 396 g/mol. The lowest BCUT2D eigenvalue weighted by Gasteiger charge is -2.32.